The maximum absolute atomic E-state index is 12.1. The van der Waals surface area contributed by atoms with E-state index in [-0.39, 0.29) is 18.0 Å². The van der Waals surface area contributed by atoms with E-state index in [4.69, 9.17) is 10.5 Å². The van der Waals surface area contributed by atoms with Crippen molar-refractivity contribution < 1.29 is 13.2 Å². The minimum absolute atomic E-state index is 0.0821. The highest BCUT2D eigenvalue weighted by atomic mass is 32.2. The number of aryl methyl sites for hydroxylation is 1. The van der Waals surface area contributed by atoms with E-state index in [0.29, 0.717) is 23.9 Å². The number of ether oxygens (including phenoxy) is 1. The number of hydrogen-bond acceptors (Lipinski definition) is 5. The van der Waals surface area contributed by atoms with Gasteiger partial charge in [-0.15, -0.1) is 0 Å². The zero-order valence-corrected chi connectivity index (χ0v) is 11.8. The van der Waals surface area contributed by atoms with Crippen LogP contribution in [-0.2, 0) is 21.3 Å². The van der Waals surface area contributed by atoms with Gasteiger partial charge in [0.05, 0.1) is 18.0 Å². The molecule has 1 heterocycles. The van der Waals surface area contributed by atoms with Crippen LogP contribution in [0.4, 0.5) is 0 Å². The number of sulfonamides is 1. The Kier molecular flexibility index (Phi) is 4.56. The second-order valence-corrected chi connectivity index (χ2v) is 6.45. The summed E-state index contributed by atoms with van der Waals surface area (Å²) in [6, 6.07) is 0. The van der Waals surface area contributed by atoms with Gasteiger partial charge in [-0.2, -0.15) is 5.10 Å². The summed E-state index contributed by atoms with van der Waals surface area (Å²) in [5, 5.41) is 6.51. The fraction of sp³-hybridized carbons (Fsp3) is 0.727. The highest BCUT2D eigenvalue weighted by Crippen LogP contribution is 2.28. The molecule has 1 fully saturated rings. The van der Waals surface area contributed by atoms with Gasteiger partial charge in [0.1, 0.15) is 4.90 Å². The van der Waals surface area contributed by atoms with Crippen molar-refractivity contribution in [2.75, 3.05) is 19.8 Å². The van der Waals surface area contributed by atoms with Crippen molar-refractivity contribution in [1.29, 1.82) is 0 Å². The first-order valence-electron chi connectivity index (χ1n) is 6.36. The summed E-state index contributed by atoms with van der Waals surface area (Å²) < 4.78 is 32.1. The first kappa shape index (κ1) is 14.4. The molecular weight excluding hydrogens is 268 g/mol. The van der Waals surface area contributed by atoms with E-state index in [2.05, 4.69) is 14.9 Å². The maximum atomic E-state index is 12.1. The highest BCUT2D eigenvalue weighted by molar-refractivity contribution is 7.89. The Labute approximate surface area is 113 Å². The Morgan fingerprint density at radius 3 is 2.89 bits per heavy atom. The molecule has 1 aliphatic carbocycles. The first-order valence-corrected chi connectivity index (χ1v) is 7.84. The van der Waals surface area contributed by atoms with E-state index >= 15 is 0 Å². The molecule has 4 N–H and O–H groups in total. The molecule has 7 nitrogen and oxygen atoms in total. The van der Waals surface area contributed by atoms with Crippen LogP contribution < -0.4 is 10.5 Å². The van der Waals surface area contributed by atoms with Crippen LogP contribution in [0.1, 0.15) is 24.2 Å². The van der Waals surface area contributed by atoms with Crippen molar-refractivity contribution in [3.8, 4) is 0 Å². The van der Waals surface area contributed by atoms with E-state index in [1.165, 1.54) is 12.8 Å². The summed E-state index contributed by atoms with van der Waals surface area (Å²) in [7, 11) is -3.58. The van der Waals surface area contributed by atoms with Gasteiger partial charge in [-0.25, -0.2) is 13.1 Å². The molecule has 0 unspecified atom stereocenters. The minimum atomic E-state index is -3.58. The molecule has 2 rings (SSSR count). The van der Waals surface area contributed by atoms with E-state index in [9.17, 15) is 8.42 Å². The van der Waals surface area contributed by atoms with Gasteiger partial charge in [-0.3, -0.25) is 5.10 Å². The van der Waals surface area contributed by atoms with Gasteiger partial charge in [-0.05, 0) is 25.7 Å². The second kappa shape index (κ2) is 6.00. The van der Waals surface area contributed by atoms with Gasteiger partial charge < -0.3 is 10.5 Å². The van der Waals surface area contributed by atoms with Crippen molar-refractivity contribution in [3.05, 3.63) is 11.4 Å². The number of H-pyrrole nitrogens is 1. The standard InChI is InChI=1S/C11H20N4O3S/c1-8-11(10(6-12)15-14-8)19(16,17)13-4-5-18-7-9-2-3-9/h9,13H,2-7,12H2,1H3,(H,14,15). The Bertz CT molecular complexity index is 522. The fourth-order valence-corrected chi connectivity index (χ4v) is 3.20. The SMILES string of the molecule is Cc1[nH]nc(CN)c1S(=O)(=O)NCCOCC1CC1. The molecule has 108 valence electrons. The molecule has 0 amide bonds. The van der Waals surface area contributed by atoms with Gasteiger partial charge >= 0.3 is 0 Å². The number of nitrogens with two attached hydrogens (primary N) is 1. The lowest BCUT2D eigenvalue weighted by Crippen LogP contribution is -2.29. The van der Waals surface area contributed by atoms with E-state index < -0.39 is 10.0 Å². The Hall–Kier alpha value is -0.960. The molecule has 0 aromatic carbocycles. The van der Waals surface area contributed by atoms with Crippen LogP contribution in [0.3, 0.4) is 0 Å². The third-order valence-electron chi connectivity index (χ3n) is 3.01. The van der Waals surface area contributed by atoms with Crippen molar-refractivity contribution in [3.63, 3.8) is 0 Å². The molecule has 0 bridgehead atoms. The number of hydrogen-bond donors (Lipinski definition) is 3. The summed E-state index contributed by atoms with van der Waals surface area (Å²) in [4.78, 5) is 0.150. The quantitative estimate of drug-likeness (QED) is 0.578. The minimum Gasteiger partial charge on any atom is -0.380 e. The highest BCUT2D eigenvalue weighted by Gasteiger charge is 2.24. The largest absolute Gasteiger partial charge is 0.380 e. The van der Waals surface area contributed by atoms with Gasteiger partial charge in [-0.1, -0.05) is 0 Å². The Balaban J connectivity index is 1.87. The number of nitrogens with one attached hydrogen (secondary N) is 2. The van der Waals surface area contributed by atoms with E-state index in [1.807, 2.05) is 0 Å². The molecule has 19 heavy (non-hydrogen) atoms. The molecule has 0 saturated heterocycles. The average Bonchev–Trinajstić information content (AvgIpc) is 3.10. The lowest BCUT2D eigenvalue weighted by molar-refractivity contribution is 0.129. The molecule has 0 spiro atoms. The number of aromatic nitrogens is 2. The number of aromatic amines is 1. The second-order valence-electron chi connectivity index (χ2n) is 4.74. The van der Waals surface area contributed by atoms with Gasteiger partial charge in [0.15, 0.2) is 0 Å². The molecule has 8 heteroatoms. The molecular formula is C11H20N4O3S. The summed E-state index contributed by atoms with van der Waals surface area (Å²) in [6.45, 7) is 3.10. The van der Waals surface area contributed by atoms with Crippen LogP contribution >= 0.6 is 0 Å². The summed E-state index contributed by atoms with van der Waals surface area (Å²) in [5.41, 5.74) is 6.32. The molecule has 0 radical (unpaired) electrons. The zero-order chi connectivity index (χ0) is 13.9. The van der Waals surface area contributed by atoms with Crippen LogP contribution in [0.25, 0.3) is 0 Å². The van der Waals surface area contributed by atoms with Gasteiger partial charge in [0.25, 0.3) is 0 Å². The molecule has 1 aromatic rings. The molecule has 0 aliphatic heterocycles. The van der Waals surface area contributed by atoms with Gasteiger partial charge in [0.2, 0.25) is 10.0 Å². The molecule has 1 aromatic heterocycles. The monoisotopic (exact) mass is 288 g/mol. The zero-order valence-electron chi connectivity index (χ0n) is 11.0. The normalized spacial score (nSPS) is 15.9. The summed E-state index contributed by atoms with van der Waals surface area (Å²) in [5.74, 6) is 0.677. The molecule has 1 saturated carbocycles. The van der Waals surface area contributed by atoms with Crippen molar-refractivity contribution >= 4 is 10.0 Å². The van der Waals surface area contributed by atoms with Crippen molar-refractivity contribution in [2.24, 2.45) is 11.7 Å². The first-order chi connectivity index (χ1) is 9.04. The van der Waals surface area contributed by atoms with E-state index in [1.54, 1.807) is 6.92 Å². The van der Waals surface area contributed by atoms with E-state index in [0.717, 1.165) is 6.61 Å². The average molecular weight is 288 g/mol. The lowest BCUT2D eigenvalue weighted by atomic mass is 10.4. The van der Waals surface area contributed by atoms with Crippen LogP contribution in [0.5, 0.6) is 0 Å². The third-order valence-corrected chi connectivity index (χ3v) is 4.68. The topological polar surface area (TPSA) is 110 Å². The van der Waals surface area contributed by atoms with Crippen LogP contribution in [0, 0.1) is 12.8 Å². The molecule has 1 aliphatic rings. The van der Waals surface area contributed by atoms with Crippen LogP contribution in [0.15, 0.2) is 4.90 Å². The number of rotatable bonds is 8. The third kappa shape index (κ3) is 3.75. The van der Waals surface area contributed by atoms with Gasteiger partial charge in [0, 0.05) is 19.7 Å². The predicted molar refractivity (Wildman–Crippen MR) is 69.9 cm³/mol. The lowest BCUT2D eigenvalue weighted by Gasteiger charge is -2.08. The molecule has 0 atom stereocenters. The maximum Gasteiger partial charge on any atom is 0.244 e. The Morgan fingerprint density at radius 1 is 1.53 bits per heavy atom. The van der Waals surface area contributed by atoms with Crippen LogP contribution in [0.2, 0.25) is 0 Å². The Morgan fingerprint density at radius 2 is 2.26 bits per heavy atom. The van der Waals surface area contributed by atoms with Crippen LogP contribution in [-0.4, -0.2) is 38.4 Å². The smallest absolute Gasteiger partial charge is 0.244 e. The predicted octanol–water partition coefficient (Wildman–Crippen LogP) is -0.118. The van der Waals surface area contributed by atoms with Crippen molar-refractivity contribution in [1.82, 2.24) is 14.9 Å². The van der Waals surface area contributed by atoms with Crippen molar-refractivity contribution in [2.45, 2.75) is 31.2 Å². The summed E-state index contributed by atoms with van der Waals surface area (Å²) >= 11 is 0. The fourth-order valence-electron chi connectivity index (χ4n) is 1.82. The number of nitrogens with zero attached hydrogens (tertiary/aromatic N) is 1. The summed E-state index contributed by atoms with van der Waals surface area (Å²) in [6.07, 6.45) is 2.44.